The normalized spacial score (nSPS) is 10.2. The largest absolute Gasteiger partial charge is 0.360 e. The summed E-state index contributed by atoms with van der Waals surface area (Å²) >= 11 is 0. The zero-order chi connectivity index (χ0) is 16.8. The van der Waals surface area contributed by atoms with Crippen molar-refractivity contribution in [3.05, 3.63) is 76.7 Å². The molecule has 0 aliphatic rings. The van der Waals surface area contributed by atoms with Crippen LogP contribution in [0.4, 0.5) is 23.1 Å². The fourth-order valence-electron chi connectivity index (χ4n) is 2.11. The maximum Gasteiger partial charge on any atom is 0.353 e. The first kappa shape index (κ1) is 15.3. The molecule has 24 heavy (non-hydrogen) atoms. The maximum absolute atomic E-state index is 11.5. The molecule has 0 unspecified atom stereocenters. The molecule has 0 spiro atoms. The molecule has 0 bridgehead atoms. The van der Waals surface area contributed by atoms with Crippen LogP contribution in [0.1, 0.15) is 5.56 Å². The minimum atomic E-state index is -0.515. The molecule has 0 atom stereocenters. The van der Waals surface area contributed by atoms with E-state index >= 15 is 0 Å². The van der Waals surface area contributed by atoms with Crippen LogP contribution in [0, 0.1) is 10.1 Å². The van der Waals surface area contributed by atoms with E-state index < -0.39 is 4.92 Å². The Labute approximate surface area is 137 Å². The molecular weight excluding hydrogens is 308 g/mol. The highest BCUT2D eigenvalue weighted by Crippen LogP contribution is 2.30. The molecule has 0 saturated carbocycles. The van der Waals surface area contributed by atoms with E-state index in [9.17, 15) is 10.1 Å². The Morgan fingerprint density at radius 2 is 1.71 bits per heavy atom. The van der Waals surface area contributed by atoms with Crippen molar-refractivity contribution in [1.29, 1.82) is 0 Å². The van der Waals surface area contributed by atoms with Gasteiger partial charge in [-0.05, 0) is 17.7 Å². The molecule has 2 aromatic heterocycles. The van der Waals surface area contributed by atoms with Crippen molar-refractivity contribution in [2.75, 3.05) is 10.6 Å². The van der Waals surface area contributed by atoms with Gasteiger partial charge in [0.2, 0.25) is 11.6 Å². The summed E-state index contributed by atoms with van der Waals surface area (Å²) in [5.74, 6) is 0.704. The Bertz CT molecular complexity index is 826. The number of rotatable bonds is 6. The summed E-state index contributed by atoms with van der Waals surface area (Å²) in [5, 5.41) is 17.3. The van der Waals surface area contributed by atoms with Gasteiger partial charge in [-0.3, -0.25) is 10.1 Å². The van der Waals surface area contributed by atoms with Gasteiger partial charge in [0.25, 0.3) is 0 Å². The summed E-state index contributed by atoms with van der Waals surface area (Å²) in [4.78, 5) is 23.0. The van der Waals surface area contributed by atoms with Crippen molar-refractivity contribution in [2.24, 2.45) is 0 Å². The predicted octanol–water partition coefficient (Wildman–Crippen LogP) is 3.14. The van der Waals surface area contributed by atoms with Crippen molar-refractivity contribution >= 4 is 23.1 Å². The van der Waals surface area contributed by atoms with Gasteiger partial charge in [-0.1, -0.05) is 36.4 Å². The molecular formula is C16H14N6O2. The van der Waals surface area contributed by atoms with Gasteiger partial charge < -0.3 is 10.6 Å². The molecule has 8 nitrogen and oxygen atoms in total. The van der Waals surface area contributed by atoms with Crippen LogP contribution in [0.2, 0.25) is 0 Å². The minimum absolute atomic E-state index is 0.0873. The molecule has 0 amide bonds. The number of hydrogen-bond acceptors (Lipinski definition) is 7. The number of nitrogens with one attached hydrogen (secondary N) is 2. The zero-order valence-electron chi connectivity index (χ0n) is 12.6. The van der Waals surface area contributed by atoms with Crippen molar-refractivity contribution in [3.63, 3.8) is 0 Å². The molecule has 0 aliphatic heterocycles. The van der Waals surface area contributed by atoms with Crippen LogP contribution in [-0.4, -0.2) is 19.9 Å². The highest BCUT2D eigenvalue weighted by molar-refractivity contribution is 5.72. The average Bonchev–Trinajstić information content (AvgIpc) is 2.61. The number of nitro groups is 1. The minimum Gasteiger partial charge on any atom is -0.360 e. The van der Waals surface area contributed by atoms with Crippen molar-refractivity contribution in [2.45, 2.75) is 6.54 Å². The van der Waals surface area contributed by atoms with Gasteiger partial charge in [0, 0.05) is 12.7 Å². The first-order valence-electron chi connectivity index (χ1n) is 7.19. The lowest BCUT2D eigenvalue weighted by molar-refractivity contribution is -0.383. The van der Waals surface area contributed by atoms with Crippen LogP contribution in [0.3, 0.4) is 0 Å². The first-order valence-corrected chi connectivity index (χ1v) is 7.19. The molecule has 0 fully saturated rings. The molecule has 2 N–H and O–H groups in total. The average molecular weight is 322 g/mol. The molecule has 0 saturated heterocycles. The van der Waals surface area contributed by atoms with Gasteiger partial charge in [0.1, 0.15) is 12.1 Å². The first-order chi connectivity index (χ1) is 11.7. The van der Waals surface area contributed by atoms with Crippen LogP contribution in [0.5, 0.6) is 0 Å². The number of anilines is 3. The third-order valence-electron chi connectivity index (χ3n) is 3.22. The monoisotopic (exact) mass is 322 g/mol. The van der Waals surface area contributed by atoms with E-state index in [-0.39, 0.29) is 17.3 Å². The summed E-state index contributed by atoms with van der Waals surface area (Å²) in [6.45, 7) is 0.418. The Kier molecular flexibility index (Phi) is 4.57. The van der Waals surface area contributed by atoms with Crippen LogP contribution in [0.15, 0.2) is 61.1 Å². The lowest BCUT2D eigenvalue weighted by Gasteiger charge is -2.09. The van der Waals surface area contributed by atoms with E-state index in [1.54, 1.807) is 24.4 Å². The summed E-state index contributed by atoms with van der Waals surface area (Å²) in [6.07, 6.45) is 2.86. The summed E-state index contributed by atoms with van der Waals surface area (Å²) in [6, 6.07) is 14.8. The number of benzene rings is 1. The highest BCUT2D eigenvalue weighted by atomic mass is 16.6. The standard InChI is InChI=1S/C16H14N6O2/c23-22(24)14-15(18-10-12-6-2-1-3-7-12)19-11-20-16(14)21-13-8-4-5-9-17-13/h1-9,11H,10H2,(H2,17,18,19,20,21). The molecule has 2 heterocycles. The molecule has 1 aromatic carbocycles. The Hall–Kier alpha value is -3.55. The van der Waals surface area contributed by atoms with E-state index in [4.69, 9.17) is 0 Å². The maximum atomic E-state index is 11.5. The molecule has 120 valence electrons. The molecule has 8 heteroatoms. The summed E-state index contributed by atoms with van der Waals surface area (Å²) in [7, 11) is 0. The molecule has 0 aliphatic carbocycles. The smallest absolute Gasteiger partial charge is 0.353 e. The van der Waals surface area contributed by atoms with Crippen LogP contribution in [0.25, 0.3) is 0 Å². The van der Waals surface area contributed by atoms with Crippen molar-refractivity contribution < 1.29 is 4.92 Å². The zero-order valence-corrected chi connectivity index (χ0v) is 12.6. The topological polar surface area (TPSA) is 106 Å². The second-order valence-corrected chi connectivity index (χ2v) is 4.86. The quantitative estimate of drug-likeness (QED) is 0.530. The van der Waals surface area contributed by atoms with Gasteiger partial charge >= 0.3 is 5.69 Å². The lowest BCUT2D eigenvalue weighted by atomic mass is 10.2. The van der Waals surface area contributed by atoms with E-state index in [2.05, 4.69) is 25.6 Å². The Balaban J connectivity index is 1.86. The molecule has 3 aromatic rings. The van der Waals surface area contributed by atoms with Crippen LogP contribution in [-0.2, 0) is 6.54 Å². The van der Waals surface area contributed by atoms with Crippen molar-refractivity contribution in [3.8, 4) is 0 Å². The second kappa shape index (κ2) is 7.14. The summed E-state index contributed by atoms with van der Waals surface area (Å²) in [5.41, 5.74) is 0.767. The van der Waals surface area contributed by atoms with E-state index in [1.807, 2.05) is 30.3 Å². The number of nitrogens with zero attached hydrogens (tertiary/aromatic N) is 4. The van der Waals surface area contributed by atoms with Gasteiger partial charge in [-0.15, -0.1) is 0 Å². The SMILES string of the molecule is O=[N+]([O-])c1c(NCc2ccccc2)ncnc1Nc1ccccn1. The van der Waals surface area contributed by atoms with Gasteiger partial charge in [-0.25, -0.2) is 15.0 Å². The number of hydrogen-bond donors (Lipinski definition) is 2. The van der Waals surface area contributed by atoms with Gasteiger partial charge in [0.15, 0.2) is 0 Å². The fourth-order valence-corrected chi connectivity index (χ4v) is 2.11. The number of pyridine rings is 1. The van der Waals surface area contributed by atoms with E-state index in [0.717, 1.165) is 5.56 Å². The highest BCUT2D eigenvalue weighted by Gasteiger charge is 2.23. The molecule has 3 rings (SSSR count). The third-order valence-corrected chi connectivity index (χ3v) is 3.22. The van der Waals surface area contributed by atoms with Crippen molar-refractivity contribution in [1.82, 2.24) is 15.0 Å². The lowest BCUT2D eigenvalue weighted by Crippen LogP contribution is -2.08. The van der Waals surface area contributed by atoms with E-state index in [0.29, 0.717) is 12.4 Å². The second-order valence-electron chi connectivity index (χ2n) is 4.86. The fraction of sp³-hybridized carbons (Fsp3) is 0.0625. The third kappa shape index (κ3) is 3.61. The number of aromatic nitrogens is 3. The Morgan fingerprint density at radius 1 is 0.958 bits per heavy atom. The molecule has 0 radical (unpaired) electrons. The van der Waals surface area contributed by atoms with Gasteiger partial charge in [0.05, 0.1) is 4.92 Å². The predicted molar refractivity (Wildman–Crippen MR) is 90.0 cm³/mol. The summed E-state index contributed by atoms with van der Waals surface area (Å²) < 4.78 is 0. The Morgan fingerprint density at radius 3 is 2.42 bits per heavy atom. The van der Waals surface area contributed by atoms with E-state index in [1.165, 1.54) is 6.33 Å². The van der Waals surface area contributed by atoms with Crippen LogP contribution >= 0.6 is 0 Å². The van der Waals surface area contributed by atoms with Crippen LogP contribution < -0.4 is 10.6 Å². The van der Waals surface area contributed by atoms with Gasteiger partial charge in [-0.2, -0.15) is 0 Å².